The van der Waals surface area contributed by atoms with E-state index >= 15 is 0 Å². The number of benzene rings is 1. The fourth-order valence-electron chi connectivity index (χ4n) is 1.54. The van der Waals surface area contributed by atoms with Crippen molar-refractivity contribution in [1.29, 1.82) is 0 Å². The molecule has 0 aromatic heterocycles. The molecule has 110 valence electrons. The Morgan fingerprint density at radius 2 is 2.00 bits per heavy atom. The summed E-state index contributed by atoms with van der Waals surface area (Å²) in [6, 6.07) is 2.32. The molecule has 0 heterocycles. The van der Waals surface area contributed by atoms with E-state index in [1.54, 1.807) is 0 Å². The number of primary amides is 1. The number of amides is 1. The number of aromatic carboxylic acids is 1. The van der Waals surface area contributed by atoms with Crippen molar-refractivity contribution in [3.63, 3.8) is 0 Å². The summed E-state index contributed by atoms with van der Waals surface area (Å²) in [7, 11) is -3.97. The van der Waals surface area contributed by atoms with Crippen LogP contribution in [-0.2, 0) is 14.8 Å². The normalized spacial score (nSPS) is 11.3. The van der Waals surface area contributed by atoms with Crippen LogP contribution in [0.25, 0.3) is 0 Å². The van der Waals surface area contributed by atoms with Gasteiger partial charge in [0.1, 0.15) is 0 Å². The summed E-state index contributed by atoms with van der Waals surface area (Å²) in [4.78, 5) is 21.4. The molecule has 1 amide bonds. The van der Waals surface area contributed by atoms with Crippen molar-refractivity contribution < 1.29 is 23.1 Å². The maximum Gasteiger partial charge on any atom is 0.336 e. The lowest BCUT2D eigenvalue weighted by molar-refractivity contribution is -0.117. The number of nitrogens with one attached hydrogen (secondary N) is 1. The average molecular weight is 321 g/mol. The summed E-state index contributed by atoms with van der Waals surface area (Å²) < 4.78 is 26.3. The van der Waals surface area contributed by atoms with Gasteiger partial charge < -0.3 is 10.8 Å². The summed E-state index contributed by atoms with van der Waals surface area (Å²) >= 11 is 5.73. The number of sulfonamides is 1. The molecule has 0 aliphatic heterocycles. The SMILES string of the molecule is Cc1c(C(=O)O)cc(Cl)cc1S(=O)(=O)NCCC(N)=O. The first kappa shape index (κ1) is 16.4. The van der Waals surface area contributed by atoms with Gasteiger partial charge in [0, 0.05) is 18.0 Å². The highest BCUT2D eigenvalue weighted by Crippen LogP contribution is 2.24. The highest BCUT2D eigenvalue weighted by atomic mass is 35.5. The van der Waals surface area contributed by atoms with E-state index in [-0.39, 0.29) is 34.0 Å². The minimum Gasteiger partial charge on any atom is -0.478 e. The van der Waals surface area contributed by atoms with Gasteiger partial charge in [-0.3, -0.25) is 4.79 Å². The summed E-state index contributed by atoms with van der Waals surface area (Å²) in [6.45, 7) is 1.19. The van der Waals surface area contributed by atoms with E-state index in [4.69, 9.17) is 22.4 Å². The number of carbonyl (C=O) groups excluding carboxylic acids is 1. The molecule has 0 aliphatic rings. The maximum absolute atomic E-state index is 12.0. The van der Waals surface area contributed by atoms with Crippen LogP contribution >= 0.6 is 11.6 Å². The lowest BCUT2D eigenvalue weighted by Gasteiger charge is -2.11. The molecule has 0 spiro atoms. The van der Waals surface area contributed by atoms with Gasteiger partial charge >= 0.3 is 5.97 Å². The van der Waals surface area contributed by atoms with Crippen LogP contribution in [0, 0.1) is 6.92 Å². The molecule has 1 aromatic carbocycles. The van der Waals surface area contributed by atoms with Crippen LogP contribution in [0.4, 0.5) is 0 Å². The van der Waals surface area contributed by atoms with Crippen LogP contribution in [0.2, 0.25) is 5.02 Å². The number of rotatable bonds is 6. The van der Waals surface area contributed by atoms with Crippen molar-refractivity contribution in [1.82, 2.24) is 4.72 Å². The zero-order chi connectivity index (χ0) is 15.5. The Balaban J connectivity index is 3.18. The molecule has 0 aliphatic carbocycles. The molecule has 1 rings (SSSR count). The molecule has 0 saturated heterocycles. The van der Waals surface area contributed by atoms with Gasteiger partial charge in [-0.15, -0.1) is 0 Å². The fourth-order valence-corrected chi connectivity index (χ4v) is 3.15. The Bertz CT molecular complexity index is 657. The molecule has 0 unspecified atom stereocenters. The van der Waals surface area contributed by atoms with Gasteiger partial charge in [0.15, 0.2) is 0 Å². The third kappa shape index (κ3) is 3.92. The lowest BCUT2D eigenvalue weighted by atomic mass is 10.1. The molecule has 0 radical (unpaired) electrons. The number of halogens is 1. The van der Waals surface area contributed by atoms with Gasteiger partial charge in [-0.25, -0.2) is 17.9 Å². The molecular weight excluding hydrogens is 308 g/mol. The quantitative estimate of drug-likeness (QED) is 0.703. The van der Waals surface area contributed by atoms with E-state index < -0.39 is 21.9 Å². The van der Waals surface area contributed by atoms with Crippen molar-refractivity contribution in [2.24, 2.45) is 5.73 Å². The van der Waals surface area contributed by atoms with Gasteiger partial charge in [-0.05, 0) is 24.6 Å². The molecule has 0 fully saturated rings. The lowest BCUT2D eigenvalue weighted by Crippen LogP contribution is -2.28. The number of nitrogens with two attached hydrogens (primary N) is 1. The predicted molar refractivity (Wildman–Crippen MR) is 72.1 cm³/mol. The first-order chi connectivity index (χ1) is 9.15. The highest BCUT2D eigenvalue weighted by Gasteiger charge is 2.22. The summed E-state index contributed by atoms with van der Waals surface area (Å²) in [6.07, 6.45) is -0.162. The largest absolute Gasteiger partial charge is 0.478 e. The van der Waals surface area contributed by atoms with E-state index in [1.165, 1.54) is 13.0 Å². The highest BCUT2D eigenvalue weighted by molar-refractivity contribution is 7.89. The second-order valence-electron chi connectivity index (χ2n) is 4.00. The smallest absolute Gasteiger partial charge is 0.336 e. The molecular formula is C11H13ClN2O5S. The summed E-state index contributed by atoms with van der Waals surface area (Å²) in [5.41, 5.74) is 4.77. The fraction of sp³-hybridized carbons (Fsp3) is 0.273. The zero-order valence-electron chi connectivity index (χ0n) is 10.5. The van der Waals surface area contributed by atoms with Crippen molar-refractivity contribution in [2.45, 2.75) is 18.2 Å². The van der Waals surface area contributed by atoms with E-state index in [0.29, 0.717) is 0 Å². The third-order valence-electron chi connectivity index (χ3n) is 2.51. The second kappa shape index (κ2) is 6.21. The molecule has 0 atom stereocenters. The van der Waals surface area contributed by atoms with Gasteiger partial charge in [0.2, 0.25) is 15.9 Å². The number of carboxylic acid groups (broad SMARTS) is 1. The zero-order valence-corrected chi connectivity index (χ0v) is 12.1. The Hall–Kier alpha value is -1.64. The second-order valence-corrected chi connectivity index (χ2v) is 6.17. The average Bonchev–Trinajstić information content (AvgIpc) is 2.30. The minimum atomic E-state index is -3.97. The molecule has 7 nitrogen and oxygen atoms in total. The maximum atomic E-state index is 12.0. The van der Waals surface area contributed by atoms with Crippen molar-refractivity contribution in [3.8, 4) is 0 Å². The predicted octanol–water partition coefficient (Wildman–Crippen LogP) is 0.500. The Morgan fingerprint density at radius 1 is 1.40 bits per heavy atom. The van der Waals surface area contributed by atoms with Crippen LogP contribution in [0.3, 0.4) is 0 Å². The molecule has 0 saturated carbocycles. The van der Waals surface area contributed by atoms with Gasteiger partial charge in [0.25, 0.3) is 0 Å². The molecule has 9 heteroatoms. The van der Waals surface area contributed by atoms with Gasteiger partial charge in [-0.2, -0.15) is 0 Å². The van der Waals surface area contributed by atoms with Gasteiger partial charge in [-0.1, -0.05) is 11.6 Å². The van der Waals surface area contributed by atoms with Crippen molar-refractivity contribution in [3.05, 3.63) is 28.3 Å². The number of hydrogen-bond acceptors (Lipinski definition) is 4. The number of hydrogen-bond donors (Lipinski definition) is 3. The van der Waals surface area contributed by atoms with Crippen LogP contribution in [0.5, 0.6) is 0 Å². The van der Waals surface area contributed by atoms with Crippen LogP contribution in [-0.4, -0.2) is 31.9 Å². The van der Waals surface area contributed by atoms with Crippen LogP contribution < -0.4 is 10.5 Å². The third-order valence-corrected chi connectivity index (χ3v) is 4.31. The minimum absolute atomic E-state index is 0.0109. The Kier molecular flexibility index (Phi) is 5.09. The number of carboxylic acids is 1. The monoisotopic (exact) mass is 320 g/mol. The molecule has 20 heavy (non-hydrogen) atoms. The van der Waals surface area contributed by atoms with E-state index in [9.17, 15) is 18.0 Å². The summed E-state index contributed by atoms with van der Waals surface area (Å²) in [5, 5.41) is 8.98. The van der Waals surface area contributed by atoms with E-state index in [2.05, 4.69) is 4.72 Å². The Labute approximate surface area is 120 Å². The van der Waals surface area contributed by atoms with E-state index in [0.717, 1.165) is 6.07 Å². The van der Waals surface area contributed by atoms with Crippen molar-refractivity contribution >= 4 is 33.5 Å². The first-order valence-electron chi connectivity index (χ1n) is 5.46. The van der Waals surface area contributed by atoms with E-state index in [1.807, 2.05) is 0 Å². The first-order valence-corrected chi connectivity index (χ1v) is 7.32. The van der Waals surface area contributed by atoms with Crippen molar-refractivity contribution in [2.75, 3.05) is 6.54 Å². The van der Waals surface area contributed by atoms with Crippen LogP contribution in [0.15, 0.2) is 17.0 Å². The summed E-state index contributed by atoms with van der Waals surface area (Å²) in [5.74, 6) is -1.93. The molecule has 4 N–H and O–H groups in total. The Morgan fingerprint density at radius 3 is 2.50 bits per heavy atom. The van der Waals surface area contributed by atoms with Crippen LogP contribution in [0.1, 0.15) is 22.3 Å². The molecule has 1 aromatic rings. The molecule has 0 bridgehead atoms. The van der Waals surface area contributed by atoms with Gasteiger partial charge in [0.05, 0.1) is 10.5 Å². The standard InChI is InChI=1S/C11H13ClN2O5S/c1-6-8(11(16)17)4-7(12)5-9(6)20(18,19)14-3-2-10(13)15/h4-5,14H,2-3H2,1H3,(H2,13,15)(H,16,17). The topological polar surface area (TPSA) is 127 Å². The number of carbonyl (C=O) groups is 2.